The highest BCUT2D eigenvalue weighted by Crippen LogP contribution is 2.12. The van der Waals surface area contributed by atoms with E-state index < -0.39 is 0 Å². The van der Waals surface area contributed by atoms with E-state index in [4.69, 9.17) is 5.73 Å². The first-order chi connectivity index (χ1) is 7.83. The third kappa shape index (κ3) is 2.08. The molecule has 0 amide bonds. The van der Waals surface area contributed by atoms with Crippen LogP contribution in [0.2, 0.25) is 0 Å². The Morgan fingerprint density at radius 2 is 2.19 bits per heavy atom. The smallest absolute Gasteiger partial charge is 0.218 e. The summed E-state index contributed by atoms with van der Waals surface area (Å²) in [6.45, 7) is 1.46. The first kappa shape index (κ1) is 10.7. The monoisotopic (exact) mass is 221 g/mol. The van der Waals surface area contributed by atoms with Crippen molar-refractivity contribution in [1.29, 1.82) is 0 Å². The van der Waals surface area contributed by atoms with E-state index >= 15 is 0 Å². The van der Waals surface area contributed by atoms with Crippen molar-refractivity contribution in [2.45, 2.75) is 19.4 Å². The number of rotatable bonds is 5. The van der Waals surface area contributed by atoms with Gasteiger partial charge in [-0.1, -0.05) is 0 Å². The molecule has 0 unspecified atom stereocenters. The second kappa shape index (κ2) is 4.84. The molecule has 0 fully saturated rings. The fourth-order valence-corrected chi connectivity index (χ4v) is 1.50. The van der Waals surface area contributed by atoms with Crippen LogP contribution < -0.4 is 5.73 Å². The maximum atomic E-state index is 5.45. The first-order valence-corrected chi connectivity index (χ1v) is 5.27. The summed E-state index contributed by atoms with van der Waals surface area (Å²) in [5.41, 5.74) is 5.45. The van der Waals surface area contributed by atoms with Crippen molar-refractivity contribution < 1.29 is 0 Å². The Bertz CT molecular complexity index is 444. The van der Waals surface area contributed by atoms with Gasteiger partial charge >= 0.3 is 0 Å². The molecule has 2 aromatic rings. The molecule has 0 radical (unpaired) electrons. The van der Waals surface area contributed by atoms with E-state index in [9.17, 15) is 0 Å². The fourth-order valence-electron chi connectivity index (χ4n) is 1.50. The molecule has 16 heavy (non-hydrogen) atoms. The quantitative estimate of drug-likeness (QED) is 0.707. The van der Waals surface area contributed by atoms with Crippen molar-refractivity contribution >= 4 is 0 Å². The number of hydrogen-bond donors (Lipinski definition) is 1. The van der Waals surface area contributed by atoms with Crippen molar-refractivity contribution in [3.05, 3.63) is 12.4 Å². The van der Waals surface area contributed by atoms with E-state index in [1.165, 1.54) is 0 Å². The zero-order chi connectivity index (χ0) is 11.4. The number of unbranched alkanes of at least 4 members (excludes halogenated alkanes) is 1. The van der Waals surface area contributed by atoms with Gasteiger partial charge in [-0.2, -0.15) is 0 Å². The molecule has 2 rings (SSSR count). The predicted molar refractivity (Wildman–Crippen MR) is 58.3 cm³/mol. The molecule has 0 saturated heterocycles. The lowest BCUT2D eigenvalue weighted by Gasteiger charge is -2.03. The highest BCUT2D eigenvalue weighted by Gasteiger charge is 2.12. The number of tetrazole rings is 1. The third-order valence-electron chi connectivity index (χ3n) is 2.38. The topological polar surface area (TPSA) is 87.4 Å². The molecule has 0 aliphatic heterocycles. The molecule has 0 atom stereocenters. The zero-order valence-corrected chi connectivity index (χ0v) is 9.24. The van der Waals surface area contributed by atoms with Crippen LogP contribution in [-0.4, -0.2) is 36.3 Å². The number of nitrogens with two attached hydrogens (primary N) is 1. The number of aromatic nitrogens is 6. The van der Waals surface area contributed by atoms with E-state index in [0.29, 0.717) is 12.4 Å². The summed E-state index contributed by atoms with van der Waals surface area (Å²) < 4.78 is 3.66. The van der Waals surface area contributed by atoms with E-state index in [-0.39, 0.29) is 0 Å². The van der Waals surface area contributed by atoms with Gasteiger partial charge < -0.3 is 10.3 Å². The Labute approximate surface area is 93.3 Å². The lowest BCUT2D eigenvalue weighted by atomic mass is 10.3. The average Bonchev–Trinajstić information content (AvgIpc) is 2.87. The summed E-state index contributed by atoms with van der Waals surface area (Å²) in [4.78, 5) is 4.22. The number of nitrogens with zero attached hydrogens (tertiary/aromatic N) is 6. The largest absolute Gasteiger partial charge is 0.331 e. The Morgan fingerprint density at radius 1 is 1.31 bits per heavy atom. The van der Waals surface area contributed by atoms with Gasteiger partial charge in [-0.15, -0.1) is 5.10 Å². The summed E-state index contributed by atoms with van der Waals surface area (Å²) in [5.74, 6) is 1.47. The highest BCUT2D eigenvalue weighted by atomic mass is 15.5. The van der Waals surface area contributed by atoms with E-state index in [2.05, 4.69) is 20.5 Å². The third-order valence-corrected chi connectivity index (χ3v) is 2.38. The fraction of sp³-hybridized carbons (Fsp3) is 0.556. The Morgan fingerprint density at radius 3 is 2.88 bits per heavy atom. The second-order valence-electron chi connectivity index (χ2n) is 3.58. The molecular weight excluding hydrogens is 206 g/mol. The molecule has 0 aliphatic rings. The van der Waals surface area contributed by atoms with Gasteiger partial charge in [-0.25, -0.2) is 9.67 Å². The molecule has 2 aromatic heterocycles. The van der Waals surface area contributed by atoms with E-state index in [1.807, 2.05) is 17.8 Å². The molecule has 0 spiro atoms. The zero-order valence-electron chi connectivity index (χ0n) is 9.24. The molecule has 0 aliphatic carbocycles. The minimum absolute atomic E-state index is 0.694. The minimum atomic E-state index is 0.694. The van der Waals surface area contributed by atoms with Gasteiger partial charge in [0.15, 0.2) is 5.82 Å². The maximum absolute atomic E-state index is 5.45. The molecule has 0 bridgehead atoms. The molecule has 2 heterocycles. The van der Waals surface area contributed by atoms with Crippen LogP contribution in [-0.2, 0) is 13.6 Å². The molecule has 0 aromatic carbocycles. The van der Waals surface area contributed by atoms with Crippen LogP contribution in [0.15, 0.2) is 12.4 Å². The molecule has 0 saturated carbocycles. The number of aryl methyl sites for hydroxylation is 2. The molecule has 86 valence electrons. The van der Waals surface area contributed by atoms with Crippen LogP contribution in [0.4, 0.5) is 0 Å². The number of imidazole rings is 1. The normalized spacial score (nSPS) is 10.9. The van der Waals surface area contributed by atoms with Gasteiger partial charge in [0, 0.05) is 26.0 Å². The van der Waals surface area contributed by atoms with Gasteiger partial charge in [0.2, 0.25) is 5.82 Å². The average molecular weight is 221 g/mol. The lowest BCUT2D eigenvalue weighted by molar-refractivity contribution is 0.546. The lowest BCUT2D eigenvalue weighted by Crippen LogP contribution is -2.07. The predicted octanol–water partition coefficient (Wildman–Crippen LogP) is -0.187. The summed E-state index contributed by atoms with van der Waals surface area (Å²) in [6, 6.07) is 0. The highest BCUT2D eigenvalue weighted by molar-refractivity contribution is 5.42. The van der Waals surface area contributed by atoms with Crippen molar-refractivity contribution in [3.8, 4) is 11.6 Å². The number of hydrogen-bond acceptors (Lipinski definition) is 5. The Kier molecular flexibility index (Phi) is 3.25. The summed E-state index contributed by atoms with van der Waals surface area (Å²) in [6.07, 6.45) is 5.54. The van der Waals surface area contributed by atoms with Gasteiger partial charge in [0.1, 0.15) is 0 Å². The van der Waals surface area contributed by atoms with Crippen molar-refractivity contribution in [3.63, 3.8) is 0 Å². The van der Waals surface area contributed by atoms with Crippen molar-refractivity contribution in [2.24, 2.45) is 12.8 Å². The van der Waals surface area contributed by atoms with E-state index in [0.717, 1.165) is 25.2 Å². The molecule has 7 nitrogen and oxygen atoms in total. The van der Waals surface area contributed by atoms with Crippen LogP contribution in [0.25, 0.3) is 11.6 Å². The van der Waals surface area contributed by atoms with Gasteiger partial charge in [0.05, 0.1) is 0 Å². The molecule has 2 N–H and O–H groups in total. The maximum Gasteiger partial charge on any atom is 0.218 e. The summed E-state index contributed by atoms with van der Waals surface area (Å²) >= 11 is 0. The second-order valence-corrected chi connectivity index (χ2v) is 3.58. The van der Waals surface area contributed by atoms with Gasteiger partial charge in [0.25, 0.3) is 0 Å². The standard InChI is InChI=1S/C9H15N7/c1-15-7-5-11-8(15)9-12-13-14-16(9)6-3-2-4-10/h5,7H,2-4,6,10H2,1H3. The van der Waals surface area contributed by atoms with Crippen LogP contribution in [0.1, 0.15) is 12.8 Å². The Hall–Kier alpha value is -1.76. The van der Waals surface area contributed by atoms with Crippen molar-refractivity contribution in [2.75, 3.05) is 6.54 Å². The summed E-state index contributed by atoms with van der Waals surface area (Å²) in [7, 11) is 1.92. The van der Waals surface area contributed by atoms with Crippen LogP contribution in [0.5, 0.6) is 0 Å². The van der Waals surface area contributed by atoms with Crippen LogP contribution >= 0.6 is 0 Å². The first-order valence-electron chi connectivity index (χ1n) is 5.27. The van der Waals surface area contributed by atoms with Crippen LogP contribution in [0, 0.1) is 0 Å². The van der Waals surface area contributed by atoms with Gasteiger partial charge in [-0.3, -0.25) is 0 Å². The Balaban J connectivity index is 2.16. The van der Waals surface area contributed by atoms with E-state index in [1.54, 1.807) is 10.9 Å². The minimum Gasteiger partial charge on any atom is -0.331 e. The molecular formula is C9H15N7. The van der Waals surface area contributed by atoms with Crippen LogP contribution in [0.3, 0.4) is 0 Å². The van der Waals surface area contributed by atoms with Crippen molar-refractivity contribution in [1.82, 2.24) is 29.8 Å². The summed E-state index contributed by atoms with van der Waals surface area (Å²) in [5, 5.41) is 11.6. The SMILES string of the molecule is Cn1ccnc1-c1nnnn1CCCCN. The van der Waals surface area contributed by atoms with Gasteiger partial charge in [-0.05, 0) is 29.8 Å². The molecule has 7 heteroatoms.